The van der Waals surface area contributed by atoms with E-state index in [0.717, 1.165) is 38.5 Å². The van der Waals surface area contributed by atoms with E-state index in [1.54, 1.807) is 12.1 Å². The minimum Gasteiger partial charge on any atom is -0.504 e. The molecule has 2 N–H and O–H groups in total. The van der Waals surface area contributed by atoms with Crippen LogP contribution in [0.1, 0.15) is 111 Å². The van der Waals surface area contributed by atoms with Crippen LogP contribution in [0.5, 0.6) is 17.2 Å². The lowest BCUT2D eigenvalue weighted by Gasteiger charge is -2.36. The summed E-state index contributed by atoms with van der Waals surface area (Å²) in [6.45, 7) is 6.70. The van der Waals surface area contributed by atoms with E-state index in [-0.39, 0.29) is 17.1 Å². The van der Waals surface area contributed by atoms with E-state index in [0.29, 0.717) is 5.75 Å². The third kappa shape index (κ3) is 8.90. The summed E-state index contributed by atoms with van der Waals surface area (Å²) < 4.78 is 6.51. The largest absolute Gasteiger partial charge is 0.504 e. The Hall–Kier alpha value is -1.38. The van der Waals surface area contributed by atoms with Crippen LogP contribution in [-0.2, 0) is 0 Å². The second kappa shape index (κ2) is 13.7. The molecule has 3 heteroatoms. The fraction of sp³-hybridized carbons (Fsp3) is 0.750. The summed E-state index contributed by atoms with van der Waals surface area (Å²) in [4.78, 5) is 0. The van der Waals surface area contributed by atoms with Gasteiger partial charge in [-0.1, -0.05) is 78.2 Å². The maximum absolute atomic E-state index is 10.3. The number of ether oxygens (including phenoxy) is 1. The van der Waals surface area contributed by atoms with Gasteiger partial charge in [-0.2, -0.15) is 0 Å². The Bertz CT molecular complexity index is 486. The number of para-hydroxylation sites is 1. The van der Waals surface area contributed by atoms with Crippen molar-refractivity contribution in [3.8, 4) is 17.2 Å². The minimum absolute atomic E-state index is 0.105. The number of phenols is 2. The van der Waals surface area contributed by atoms with Crippen molar-refractivity contribution in [3.63, 3.8) is 0 Å². The zero-order valence-electron chi connectivity index (χ0n) is 17.9. The molecule has 156 valence electrons. The predicted molar refractivity (Wildman–Crippen MR) is 115 cm³/mol. The van der Waals surface area contributed by atoms with E-state index in [1.165, 1.54) is 57.4 Å². The quantitative estimate of drug-likeness (QED) is 0.228. The maximum Gasteiger partial charge on any atom is 0.200 e. The molecule has 0 aliphatic heterocycles. The fourth-order valence-corrected chi connectivity index (χ4v) is 3.80. The molecule has 0 saturated carbocycles. The van der Waals surface area contributed by atoms with Gasteiger partial charge in [0.2, 0.25) is 5.75 Å². The third-order valence-electron chi connectivity index (χ3n) is 5.51. The van der Waals surface area contributed by atoms with E-state index in [9.17, 15) is 10.2 Å². The molecule has 1 aromatic carbocycles. The average molecular weight is 379 g/mol. The highest BCUT2D eigenvalue weighted by molar-refractivity contribution is 5.49. The number of aromatic hydroxyl groups is 2. The standard InChI is InChI=1S/C24H42O3/c1-4-7-10-13-19-24(18-12-9-6-3,20-14-11-8-5-2)27-22-17-15-16-21(25)23(22)26/h15-17,25-26H,4-14,18-20H2,1-3H3. The summed E-state index contributed by atoms with van der Waals surface area (Å²) >= 11 is 0. The maximum atomic E-state index is 10.3. The predicted octanol–water partition coefficient (Wildman–Crippen LogP) is 7.74. The first-order chi connectivity index (χ1) is 13.1. The lowest BCUT2D eigenvalue weighted by atomic mass is 9.84. The van der Waals surface area contributed by atoms with Crippen LogP contribution in [0, 0.1) is 0 Å². The molecule has 0 bridgehead atoms. The second-order valence-electron chi connectivity index (χ2n) is 7.99. The van der Waals surface area contributed by atoms with Crippen LogP contribution in [-0.4, -0.2) is 15.8 Å². The Labute approximate surface area is 167 Å². The number of phenolic OH excluding ortho intramolecular Hbond substituents is 2. The summed E-state index contributed by atoms with van der Waals surface area (Å²) in [6, 6.07) is 5.03. The molecule has 1 aromatic rings. The summed E-state index contributed by atoms with van der Waals surface area (Å²) in [5.41, 5.74) is -0.234. The number of unbranched alkanes of at least 4 members (excludes halogenated alkanes) is 8. The fourth-order valence-electron chi connectivity index (χ4n) is 3.80. The number of benzene rings is 1. The zero-order valence-corrected chi connectivity index (χ0v) is 17.9. The van der Waals surface area contributed by atoms with E-state index in [2.05, 4.69) is 20.8 Å². The smallest absolute Gasteiger partial charge is 0.200 e. The second-order valence-corrected chi connectivity index (χ2v) is 7.99. The van der Waals surface area contributed by atoms with E-state index >= 15 is 0 Å². The average Bonchev–Trinajstić information content (AvgIpc) is 2.66. The van der Waals surface area contributed by atoms with Crippen LogP contribution < -0.4 is 4.74 Å². The third-order valence-corrected chi connectivity index (χ3v) is 5.51. The Kier molecular flexibility index (Phi) is 12.0. The summed E-state index contributed by atoms with van der Waals surface area (Å²) in [5.74, 6) is 0.198. The molecule has 0 amide bonds. The molecule has 0 atom stereocenters. The van der Waals surface area contributed by atoms with E-state index in [4.69, 9.17) is 4.74 Å². The van der Waals surface area contributed by atoms with Crippen molar-refractivity contribution in [2.75, 3.05) is 0 Å². The molecule has 0 radical (unpaired) electrons. The molecule has 0 unspecified atom stereocenters. The Morgan fingerprint density at radius 2 is 1.19 bits per heavy atom. The first-order valence-electron chi connectivity index (χ1n) is 11.3. The first kappa shape index (κ1) is 23.7. The highest BCUT2D eigenvalue weighted by Gasteiger charge is 2.32. The molecule has 0 aromatic heterocycles. The van der Waals surface area contributed by atoms with Crippen molar-refractivity contribution in [2.45, 2.75) is 116 Å². The molecular formula is C24H42O3. The Morgan fingerprint density at radius 3 is 1.70 bits per heavy atom. The van der Waals surface area contributed by atoms with Gasteiger partial charge in [0.1, 0.15) is 5.60 Å². The van der Waals surface area contributed by atoms with Crippen molar-refractivity contribution >= 4 is 0 Å². The minimum atomic E-state index is -0.234. The molecule has 1 rings (SSSR count). The molecule has 0 heterocycles. The van der Waals surface area contributed by atoms with Crippen LogP contribution in [0.4, 0.5) is 0 Å². The van der Waals surface area contributed by atoms with Crippen LogP contribution in [0.25, 0.3) is 0 Å². The Balaban J connectivity index is 2.95. The van der Waals surface area contributed by atoms with Gasteiger partial charge in [0.05, 0.1) is 0 Å². The van der Waals surface area contributed by atoms with E-state index < -0.39 is 0 Å². The van der Waals surface area contributed by atoms with Gasteiger partial charge >= 0.3 is 0 Å². The van der Waals surface area contributed by atoms with Gasteiger partial charge < -0.3 is 14.9 Å². The van der Waals surface area contributed by atoms with Gasteiger partial charge in [0, 0.05) is 0 Å². The summed E-state index contributed by atoms with van der Waals surface area (Å²) in [6.07, 6.45) is 16.4. The molecule has 0 aliphatic carbocycles. The van der Waals surface area contributed by atoms with Gasteiger partial charge in [-0.25, -0.2) is 0 Å². The topological polar surface area (TPSA) is 49.7 Å². The number of hydrogen-bond acceptors (Lipinski definition) is 3. The van der Waals surface area contributed by atoms with Crippen molar-refractivity contribution < 1.29 is 14.9 Å². The zero-order chi connectivity index (χ0) is 20.0. The van der Waals surface area contributed by atoms with Crippen molar-refractivity contribution in [1.29, 1.82) is 0 Å². The van der Waals surface area contributed by atoms with Gasteiger partial charge in [0.25, 0.3) is 0 Å². The van der Waals surface area contributed by atoms with Crippen molar-refractivity contribution in [3.05, 3.63) is 18.2 Å². The van der Waals surface area contributed by atoms with E-state index in [1.807, 2.05) is 0 Å². The lowest BCUT2D eigenvalue weighted by Crippen LogP contribution is -2.36. The SMILES string of the molecule is CCCCCCC(CCCCC)(CCCCCC)Oc1cccc(O)c1O. The first-order valence-corrected chi connectivity index (χ1v) is 11.3. The van der Waals surface area contributed by atoms with Crippen LogP contribution in [0.15, 0.2) is 18.2 Å². The van der Waals surface area contributed by atoms with Crippen LogP contribution in [0.3, 0.4) is 0 Å². The molecule has 0 spiro atoms. The summed E-state index contributed by atoms with van der Waals surface area (Å²) in [7, 11) is 0. The molecule has 27 heavy (non-hydrogen) atoms. The highest BCUT2D eigenvalue weighted by atomic mass is 16.5. The number of rotatable bonds is 16. The van der Waals surface area contributed by atoms with Crippen LogP contribution in [0.2, 0.25) is 0 Å². The van der Waals surface area contributed by atoms with Gasteiger partial charge in [-0.05, 0) is 50.7 Å². The van der Waals surface area contributed by atoms with Crippen LogP contribution >= 0.6 is 0 Å². The van der Waals surface area contributed by atoms with Gasteiger partial charge in [0.15, 0.2) is 11.5 Å². The van der Waals surface area contributed by atoms with Gasteiger partial charge in [-0.3, -0.25) is 0 Å². The molecule has 0 aliphatic rings. The Morgan fingerprint density at radius 1 is 0.704 bits per heavy atom. The lowest BCUT2D eigenvalue weighted by molar-refractivity contribution is 0.0307. The molecular weight excluding hydrogens is 336 g/mol. The number of hydrogen-bond donors (Lipinski definition) is 2. The van der Waals surface area contributed by atoms with Crippen molar-refractivity contribution in [2.24, 2.45) is 0 Å². The molecule has 0 saturated heterocycles. The monoisotopic (exact) mass is 378 g/mol. The molecule has 0 fully saturated rings. The normalized spacial score (nSPS) is 11.7. The van der Waals surface area contributed by atoms with Gasteiger partial charge in [-0.15, -0.1) is 0 Å². The summed E-state index contributed by atoms with van der Waals surface area (Å²) in [5, 5.41) is 20.1. The molecule has 3 nitrogen and oxygen atoms in total. The highest BCUT2D eigenvalue weighted by Crippen LogP contribution is 2.41. The van der Waals surface area contributed by atoms with Crippen molar-refractivity contribution in [1.82, 2.24) is 0 Å².